The summed E-state index contributed by atoms with van der Waals surface area (Å²) in [6, 6.07) is 10.2. The molecule has 0 saturated heterocycles. The Morgan fingerprint density at radius 2 is 2.06 bits per heavy atom. The number of rotatable bonds is 8. The van der Waals surface area contributed by atoms with Gasteiger partial charge in [0, 0.05) is 13.0 Å². The highest BCUT2D eigenvalue weighted by atomic mass is 16.4. The van der Waals surface area contributed by atoms with Crippen molar-refractivity contribution in [3.05, 3.63) is 35.9 Å². The van der Waals surface area contributed by atoms with Gasteiger partial charge in [0.25, 0.3) is 0 Å². The summed E-state index contributed by atoms with van der Waals surface area (Å²) in [5.74, 6) is -0.467. The molecule has 2 N–H and O–H groups in total. The number of hydrogen-bond acceptors (Lipinski definition) is 2. The number of carbonyl (C=O) groups is 1. The maximum atomic E-state index is 10.7. The van der Waals surface area contributed by atoms with Gasteiger partial charge in [-0.15, -0.1) is 0 Å². The fraction of sp³-hybridized carbons (Fsp3) is 0.500. The molecule has 1 atom stereocenters. The largest absolute Gasteiger partial charge is 0.481 e. The van der Waals surface area contributed by atoms with Gasteiger partial charge in [0.1, 0.15) is 0 Å². The molecule has 0 aliphatic heterocycles. The van der Waals surface area contributed by atoms with Gasteiger partial charge in [-0.05, 0) is 24.4 Å². The lowest BCUT2D eigenvalue weighted by Gasteiger charge is -2.14. The number of aliphatic carboxylic acids is 1. The van der Waals surface area contributed by atoms with E-state index in [0.29, 0.717) is 0 Å². The van der Waals surface area contributed by atoms with Gasteiger partial charge in [0.05, 0.1) is 0 Å². The smallest absolute Gasteiger partial charge is 0.303 e. The van der Waals surface area contributed by atoms with Crippen molar-refractivity contribution >= 4 is 5.97 Å². The fourth-order valence-electron chi connectivity index (χ4n) is 1.95. The van der Waals surface area contributed by atoms with Crippen LogP contribution in [0.1, 0.15) is 31.7 Å². The van der Waals surface area contributed by atoms with Gasteiger partial charge in [-0.2, -0.15) is 0 Å². The Morgan fingerprint density at radius 1 is 1.35 bits per heavy atom. The lowest BCUT2D eigenvalue weighted by Crippen LogP contribution is -2.24. The van der Waals surface area contributed by atoms with E-state index in [-0.39, 0.29) is 12.3 Å². The Bertz CT molecular complexity index is 324. The third-order valence-corrected chi connectivity index (χ3v) is 2.77. The second kappa shape index (κ2) is 7.85. The minimum absolute atomic E-state index is 0.237. The fourth-order valence-corrected chi connectivity index (χ4v) is 1.95. The third-order valence-electron chi connectivity index (χ3n) is 2.77. The monoisotopic (exact) mass is 235 g/mol. The van der Waals surface area contributed by atoms with Crippen LogP contribution in [0.15, 0.2) is 30.3 Å². The Kier molecular flexibility index (Phi) is 6.33. The van der Waals surface area contributed by atoms with Gasteiger partial charge in [0.2, 0.25) is 0 Å². The van der Waals surface area contributed by atoms with Crippen molar-refractivity contribution < 1.29 is 9.90 Å². The molecular formula is C14H21NO2. The summed E-state index contributed by atoms with van der Waals surface area (Å²) in [5.41, 5.74) is 1.23. The van der Waals surface area contributed by atoms with E-state index in [1.165, 1.54) is 5.56 Å². The Labute approximate surface area is 103 Å². The van der Waals surface area contributed by atoms with Crippen molar-refractivity contribution in [3.63, 3.8) is 0 Å². The summed E-state index contributed by atoms with van der Waals surface area (Å²) in [6.07, 6.45) is 2.26. The summed E-state index contributed by atoms with van der Waals surface area (Å²) in [7, 11) is 0. The first-order valence-electron chi connectivity index (χ1n) is 6.18. The average Bonchev–Trinajstić information content (AvgIpc) is 2.30. The van der Waals surface area contributed by atoms with Crippen LogP contribution >= 0.6 is 0 Å². The van der Waals surface area contributed by atoms with Gasteiger partial charge >= 0.3 is 5.97 Å². The molecule has 1 unspecified atom stereocenters. The van der Waals surface area contributed by atoms with Crippen LogP contribution in [0.4, 0.5) is 0 Å². The van der Waals surface area contributed by atoms with Gasteiger partial charge in [-0.1, -0.05) is 43.7 Å². The number of nitrogens with one attached hydrogen (secondary N) is 1. The van der Waals surface area contributed by atoms with Crippen LogP contribution in [0.25, 0.3) is 0 Å². The summed E-state index contributed by atoms with van der Waals surface area (Å²) < 4.78 is 0. The predicted molar refractivity (Wildman–Crippen MR) is 68.8 cm³/mol. The van der Waals surface area contributed by atoms with Crippen molar-refractivity contribution in [3.8, 4) is 0 Å². The normalized spacial score (nSPS) is 12.3. The Hall–Kier alpha value is -1.35. The third kappa shape index (κ3) is 6.07. The standard InChI is InChI=1S/C14H21NO2/c1-2-6-13(9-14(16)17)11-15-10-12-7-4-3-5-8-12/h3-5,7-8,13,15H,2,6,9-11H2,1H3,(H,16,17). The molecule has 0 aliphatic carbocycles. The van der Waals surface area contributed by atoms with E-state index in [0.717, 1.165) is 25.9 Å². The van der Waals surface area contributed by atoms with E-state index in [1.807, 2.05) is 18.2 Å². The predicted octanol–water partition coefficient (Wildman–Crippen LogP) is 2.67. The maximum Gasteiger partial charge on any atom is 0.303 e. The SMILES string of the molecule is CCCC(CNCc1ccccc1)CC(=O)O. The van der Waals surface area contributed by atoms with Crippen molar-refractivity contribution in [1.82, 2.24) is 5.32 Å². The highest BCUT2D eigenvalue weighted by Gasteiger charge is 2.11. The zero-order chi connectivity index (χ0) is 12.5. The first-order valence-corrected chi connectivity index (χ1v) is 6.18. The summed E-state index contributed by atoms with van der Waals surface area (Å²) in [6.45, 7) is 3.67. The number of hydrogen-bond donors (Lipinski definition) is 2. The van der Waals surface area contributed by atoms with E-state index in [4.69, 9.17) is 5.11 Å². The highest BCUT2D eigenvalue weighted by molar-refractivity contribution is 5.67. The molecular weight excluding hydrogens is 214 g/mol. The van der Waals surface area contributed by atoms with Crippen molar-refractivity contribution in [2.75, 3.05) is 6.54 Å². The summed E-state index contributed by atoms with van der Waals surface area (Å²) >= 11 is 0. The molecule has 0 bridgehead atoms. The van der Waals surface area contributed by atoms with Crippen LogP contribution in [-0.2, 0) is 11.3 Å². The lowest BCUT2D eigenvalue weighted by atomic mass is 10.00. The van der Waals surface area contributed by atoms with Crippen LogP contribution < -0.4 is 5.32 Å². The summed E-state index contributed by atoms with van der Waals surface area (Å²) in [4.78, 5) is 10.7. The molecule has 0 saturated carbocycles. The number of carboxylic acid groups (broad SMARTS) is 1. The molecule has 0 amide bonds. The van der Waals surface area contributed by atoms with E-state index >= 15 is 0 Å². The molecule has 1 rings (SSSR count). The maximum absolute atomic E-state index is 10.7. The van der Waals surface area contributed by atoms with Gasteiger partial charge in [-0.3, -0.25) is 4.79 Å². The molecule has 94 valence electrons. The Morgan fingerprint density at radius 3 is 2.65 bits per heavy atom. The number of carboxylic acids is 1. The molecule has 1 aromatic rings. The molecule has 0 radical (unpaired) electrons. The van der Waals surface area contributed by atoms with Crippen LogP contribution in [0.3, 0.4) is 0 Å². The quantitative estimate of drug-likeness (QED) is 0.728. The van der Waals surface area contributed by atoms with Gasteiger partial charge in [0.15, 0.2) is 0 Å². The molecule has 3 heteroatoms. The van der Waals surface area contributed by atoms with Crippen molar-refractivity contribution in [2.24, 2.45) is 5.92 Å². The van der Waals surface area contributed by atoms with Crippen molar-refractivity contribution in [1.29, 1.82) is 0 Å². The second-order valence-corrected chi connectivity index (χ2v) is 4.37. The first kappa shape index (κ1) is 13.7. The van der Waals surface area contributed by atoms with Crippen LogP contribution in [0.2, 0.25) is 0 Å². The minimum atomic E-state index is -0.704. The zero-order valence-electron chi connectivity index (χ0n) is 10.4. The van der Waals surface area contributed by atoms with Crippen LogP contribution in [0.5, 0.6) is 0 Å². The van der Waals surface area contributed by atoms with Gasteiger partial charge < -0.3 is 10.4 Å². The molecule has 1 aromatic carbocycles. The van der Waals surface area contributed by atoms with Gasteiger partial charge in [-0.25, -0.2) is 0 Å². The molecule has 3 nitrogen and oxygen atoms in total. The number of benzene rings is 1. The van der Waals surface area contributed by atoms with E-state index < -0.39 is 5.97 Å². The molecule has 0 aliphatic rings. The second-order valence-electron chi connectivity index (χ2n) is 4.37. The molecule has 17 heavy (non-hydrogen) atoms. The van der Waals surface area contributed by atoms with E-state index in [1.54, 1.807) is 0 Å². The topological polar surface area (TPSA) is 49.3 Å². The highest BCUT2D eigenvalue weighted by Crippen LogP contribution is 2.10. The van der Waals surface area contributed by atoms with Crippen LogP contribution in [-0.4, -0.2) is 17.6 Å². The molecule has 0 spiro atoms. The minimum Gasteiger partial charge on any atom is -0.481 e. The molecule has 0 fully saturated rings. The molecule has 0 heterocycles. The molecule has 0 aromatic heterocycles. The van der Waals surface area contributed by atoms with Crippen LogP contribution in [0, 0.1) is 5.92 Å². The summed E-state index contributed by atoms with van der Waals surface area (Å²) in [5, 5.41) is 12.1. The average molecular weight is 235 g/mol. The zero-order valence-corrected chi connectivity index (χ0v) is 10.4. The van der Waals surface area contributed by atoms with E-state index in [9.17, 15) is 4.79 Å². The first-order chi connectivity index (χ1) is 8.22. The van der Waals surface area contributed by atoms with E-state index in [2.05, 4.69) is 24.4 Å². The Balaban J connectivity index is 2.29. The lowest BCUT2D eigenvalue weighted by molar-refractivity contribution is -0.138. The van der Waals surface area contributed by atoms with Crippen molar-refractivity contribution in [2.45, 2.75) is 32.7 Å².